The van der Waals surface area contributed by atoms with Gasteiger partial charge in [0.25, 0.3) is 0 Å². The summed E-state index contributed by atoms with van der Waals surface area (Å²) in [6.07, 6.45) is 0.779. The van der Waals surface area contributed by atoms with E-state index in [2.05, 4.69) is 0 Å². The number of aliphatic hydroxyl groups excluding tert-OH is 2. The Morgan fingerprint density at radius 2 is 1.77 bits per heavy atom. The largest absolute Gasteiger partial charge is 0.481 e. The lowest BCUT2D eigenvalue weighted by molar-refractivity contribution is -0.139. The normalized spacial score (nSPS) is 15.7. The molecule has 1 aliphatic rings. The van der Waals surface area contributed by atoms with Gasteiger partial charge in [0.05, 0.1) is 24.1 Å². The van der Waals surface area contributed by atoms with Gasteiger partial charge in [0.15, 0.2) is 0 Å². The Bertz CT molecular complexity index is 1080. The number of para-hydroxylation sites is 1. The predicted octanol–water partition coefficient (Wildman–Crippen LogP) is 4.44. The quantitative estimate of drug-likeness (QED) is 0.473. The molecule has 0 amide bonds. The van der Waals surface area contributed by atoms with E-state index in [4.69, 9.17) is 10.1 Å². The van der Waals surface area contributed by atoms with Crippen LogP contribution in [0.15, 0.2) is 48.5 Å². The van der Waals surface area contributed by atoms with Crippen molar-refractivity contribution in [2.75, 3.05) is 0 Å². The topological polar surface area (TPSA) is 90.7 Å². The van der Waals surface area contributed by atoms with Crippen LogP contribution in [-0.4, -0.2) is 38.5 Å². The minimum absolute atomic E-state index is 0.0119. The molecule has 0 aliphatic heterocycles. The van der Waals surface area contributed by atoms with Crippen molar-refractivity contribution < 1.29 is 24.5 Å². The highest BCUT2D eigenvalue weighted by atomic mass is 19.1. The molecule has 0 saturated heterocycles. The number of carboxylic acid groups (broad SMARTS) is 1. The number of benzene rings is 2. The summed E-state index contributed by atoms with van der Waals surface area (Å²) in [5.74, 6) is -1.00. The minimum Gasteiger partial charge on any atom is -0.481 e. The van der Waals surface area contributed by atoms with Gasteiger partial charge in [0, 0.05) is 17.0 Å². The number of hydrogen-bond acceptors (Lipinski definition) is 4. The predicted molar refractivity (Wildman–Crippen MR) is 116 cm³/mol. The molecule has 5 nitrogen and oxygen atoms in total. The van der Waals surface area contributed by atoms with E-state index in [1.807, 2.05) is 24.3 Å². The number of aliphatic carboxylic acids is 1. The number of carboxylic acids is 1. The van der Waals surface area contributed by atoms with Gasteiger partial charge in [-0.1, -0.05) is 30.3 Å². The summed E-state index contributed by atoms with van der Waals surface area (Å²) in [4.78, 5) is 15.7. The number of fused-ring (bicyclic) bond motifs is 1. The maximum absolute atomic E-state index is 13.6. The summed E-state index contributed by atoms with van der Waals surface area (Å²) in [6.45, 7) is 0. The molecule has 1 heterocycles. The Morgan fingerprint density at radius 1 is 1.06 bits per heavy atom. The number of rotatable bonds is 9. The Hall–Kier alpha value is -2.83. The van der Waals surface area contributed by atoms with E-state index < -0.39 is 18.2 Å². The molecule has 4 rings (SSSR count). The highest BCUT2D eigenvalue weighted by Crippen LogP contribution is 2.45. The van der Waals surface area contributed by atoms with Crippen LogP contribution in [0.5, 0.6) is 0 Å². The Kier molecular flexibility index (Phi) is 6.30. The molecule has 162 valence electrons. The van der Waals surface area contributed by atoms with Crippen molar-refractivity contribution >= 4 is 16.9 Å². The van der Waals surface area contributed by atoms with Crippen LogP contribution in [0.4, 0.5) is 4.39 Å². The molecule has 1 saturated carbocycles. The van der Waals surface area contributed by atoms with Gasteiger partial charge in [-0.15, -0.1) is 0 Å². The number of nitrogens with zero attached hydrogens (tertiary/aromatic N) is 1. The summed E-state index contributed by atoms with van der Waals surface area (Å²) in [5.41, 5.74) is 4.86. The maximum atomic E-state index is 13.6. The number of halogens is 1. The van der Waals surface area contributed by atoms with Gasteiger partial charge in [-0.05, 0) is 67.0 Å². The molecule has 3 N–H and O–H groups in total. The van der Waals surface area contributed by atoms with Gasteiger partial charge >= 0.3 is 5.97 Å². The molecule has 2 aromatic carbocycles. The number of carbonyl (C=O) groups is 1. The van der Waals surface area contributed by atoms with E-state index in [0.717, 1.165) is 46.1 Å². The van der Waals surface area contributed by atoms with Crippen molar-refractivity contribution in [1.29, 1.82) is 0 Å². The van der Waals surface area contributed by atoms with Crippen molar-refractivity contribution in [2.24, 2.45) is 0 Å². The van der Waals surface area contributed by atoms with Gasteiger partial charge in [0.2, 0.25) is 0 Å². The first-order valence-electron chi connectivity index (χ1n) is 10.7. The summed E-state index contributed by atoms with van der Waals surface area (Å²) >= 11 is 0. The molecule has 0 unspecified atom stereocenters. The number of hydrogen-bond donors (Lipinski definition) is 3. The third kappa shape index (κ3) is 5.09. The van der Waals surface area contributed by atoms with Crippen molar-refractivity contribution in [3.05, 3.63) is 65.6 Å². The van der Waals surface area contributed by atoms with Gasteiger partial charge < -0.3 is 15.3 Å². The molecule has 6 heteroatoms. The van der Waals surface area contributed by atoms with Crippen LogP contribution in [0.3, 0.4) is 0 Å². The fourth-order valence-corrected chi connectivity index (χ4v) is 4.19. The Morgan fingerprint density at radius 3 is 2.45 bits per heavy atom. The van der Waals surface area contributed by atoms with Crippen LogP contribution >= 0.6 is 0 Å². The van der Waals surface area contributed by atoms with Crippen molar-refractivity contribution in [2.45, 2.75) is 56.7 Å². The first-order valence-corrected chi connectivity index (χ1v) is 10.7. The minimum atomic E-state index is -1.09. The van der Waals surface area contributed by atoms with E-state index in [1.165, 1.54) is 12.1 Å². The average Bonchev–Trinajstić information content (AvgIpc) is 3.56. The smallest absolute Gasteiger partial charge is 0.305 e. The lowest BCUT2D eigenvalue weighted by atomic mass is 9.89. The van der Waals surface area contributed by atoms with E-state index in [1.54, 1.807) is 12.1 Å². The van der Waals surface area contributed by atoms with Gasteiger partial charge in [-0.25, -0.2) is 4.39 Å². The van der Waals surface area contributed by atoms with E-state index in [-0.39, 0.29) is 18.7 Å². The SMILES string of the molecule is O=C(O)C[C@H](O)C[C@@H](O)CCc1c(C2CC2)nc2ccccc2c1-c1ccc(F)cc1. The maximum Gasteiger partial charge on any atom is 0.305 e. The molecule has 2 atom stereocenters. The van der Waals surface area contributed by atoms with E-state index in [0.29, 0.717) is 18.8 Å². The van der Waals surface area contributed by atoms with E-state index in [9.17, 15) is 19.4 Å². The number of aliphatic hydroxyl groups is 2. The van der Waals surface area contributed by atoms with Crippen LogP contribution in [0.2, 0.25) is 0 Å². The zero-order valence-corrected chi connectivity index (χ0v) is 17.2. The lowest BCUT2D eigenvalue weighted by Crippen LogP contribution is -2.21. The zero-order valence-electron chi connectivity index (χ0n) is 17.2. The first kappa shape index (κ1) is 21.4. The summed E-state index contributed by atoms with van der Waals surface area (Å²) in [7, 11) is 0. The molecule has 1 aliphatic carbocycles. The molecular formula is C25H26FNO4. The first-order chi connectivity index (χ1) is 14.9. The Balaban J connectivity index is 1.71. The molecule has 0 bridgehead atoms. The third-order valence-corrected chi connectivity index (χ3v) is 5.80. The second kappa shape index (κ2) is 9.12. The molecular weight excluding hydrogens is 397 g/mol. The molecule has 3 aromatic rings. The molecule has 1 fully saturated rings. The fourth-order valence-electron chi connectivity index (χ4n) is 4.19. The van der Waals surface area contributed by atoms with Crippen molar-refractivity contribution in [1.82, 2.24) is 4.98 Å². The second-order valence-electron chi connectivity index (χ2n) is 8.33. The molecule has 0 radical (unpaired) electrons. The number of aromatic nitrogens is 1. The molecule has 31 heavy (non-hydrogen) atoms. The zero-order chi connectivity index (χ0) is 22.0. The summed E-state index contributed by atoms with van der Waals surface area (Å²) in [6, 6.07) is 14.3. The lowest BCUT2D eigenvalue weighted by Gasteiger charge is -2.20. The van der Waals surface area contributed by atoms with Crippen LogP contribution in [0, 0.1) is 5.82 Å². The standard InChI is InChI=1S/C25H26FNO4/c26-17-9-7-15(8-10-17)24-20-3-1-2-4-22(20)27-25(16-5-6-16)21(24)12-11-18(28)13-19(29)14-23(30)31/h1-4,7-10,16,18-19,28-29H,5-6,11-14H2,(H,30,31)/t18-,19+/m0/s1. The summed E-state index contributed by atoms with van der Waals surface area (Å²) < 4.78 is 13.6. The monoisotopic (exact) mass is 423 g/mol. The summed E-state index contributed by atoms with van der Waals surface area (Å²) in [5, 5.41) is 30.1. The van der Waals surface area contributed by atoms with Crippen molar-refractivity contribution in [3.8, 4) is 11.1 Å². The molecule has 0 spiro atoms. The van der Waals surface area contributed by atoms with E-state index >= 15 is 0 Å². The highest BCUT2D eigenvalue weighted by Gasteiger charge is 2.30. The highest BCUT2D eigenvalue weighted by molar-refractivity contribution is 5.96. The third-order valence-electron chi connectivity index (χ3n) is 5.80. The van der Waals surface area contributed by atoms with Crippen LogP contribution in [-0.2, 0) is 11.2 Å². The van der Waals surface area contributed by atoms with Gasteiger partial charge in [0.1, 0.15) is 5.82 Å². The second-order valence-corrected chi connectivity index (χ2v) is 8.33. The van der Waals surface area contributed by atoms with Gasteiger partial charge in [-0.2, -0.15) is 0 Å². The van der Waals surface area contributed by atoms with Gasteiger partial charge in [-0.3, -0.25) is 9.78 Å². The van der Waals surface area contributed by atoms with Crippen LogP contribution in [0.25, 0.3) is 22.0 Å². The fraction of sp³-hybridized carbons (Fsp3) is 0.360. The Labute approximate surface area is 180 Å². The average molecular weight is 423 g/mol. The molecule has 1 aromatic heterocycles. The van der Waals surface area contributed by atoms with Crippen LogP contribution in [0.1, 0.15) is 49.3 Å². The van der Waals surface area contributed by atoms with Crippen molar-refractivity contribution in [3.63, 3.8) is 0 Å². The number of pyridine rings is 1. The van der Waals surface area contributed by atoms with Crippen LogP contribution < -0.4 is 0 Å².